The van der Waals surface area contributed by atoms with E-state index in [0.29, 0.717) is 42.4 Å². The van der Waals surface area contributed by atoms with E-state index >= 15 is 0 Å². The number of methoxy groups -OCH3 is 1. The van der Waals surface area contributed by atoms with E-state index in [1.165, 1.54) is 0 Å². The number of halogens is 1. The Kier molecular flexibility index (Phi) is 7.71. The first-order chi connectivity index (χ1) is 14.5. The molecule has 1 aliphatic heterocycles. The summed E-state index contributed by atoms with van der Waals surface area (Å²) in [4.78, 5) is 27.2. The summed E-state index contributed by atoms with van der Waals surface area (Å²) >= 11 is 6.12. The Hall–Kier alpha value is -2.57. The monoisotopic (exact) mass is 430 g/mol. The third-order valence-corrected chi connectivity index (χ3v) is 5.31. The van der Waals surface area contributed by atoms with Gasteiger partial charge in [-0.1, -0.05) is 30.7 Å². The molecule has 30 heavy (non-hydrogen) atoms. The number of amides is 2. The van der Waals surface area contributed by atoms with Gasteiger partial charge in [-0.2, -0.15) is 0 Å². The van der Waals surface area contributed by atoms with Crippen LogP contribution >= 0.6 is 11.6 Å². The van der Waals surface area contributed by atoms with Gasteiger partial charge >= 0.3 is 0 Å². The Labute approximate surface area is 182 Å². The molecule has 0 aliphatic carbocycles. The lowest BCUT2D eigenvalue weighted by Crippen LogP contribution is -2.37. The maximum absolute atomic E-state index is 13.5. The lowest BCUT2D eigenvalue weighted by atomic mass is 10.1. The molecule has 2 aromatic rings. The molecule has 1 fully saturated rings. The first kappa shape index (κ1) is 22.1. The van der Waals surface area contributed by atoms with Gasteiger partial charge in [0.05, 0.1) is 24.5 Å². The lowest BCUT2D eigenvalue weighted by molar-refractivity contribution is -0.115. The average Bonchev–Trinajstić information content (AvgIpc) is 3.26. The number of ether oxygens (including phenoxy) is 2. The highest BCUT2D eigenvalue weighted by molar-refractivity contribution is 6.31. The van der Waals surface area contributed by atoms with Gasteiger partial charge < -0.3 is 19.7 Å². The van der Waals surface area contributed by atoms with Crippen molar-refractivity contribution in [2.45, 2.75) is 38.8 Å². The molecule has 6 nitrogen and oxygen atoms in total. The Bertz CT molecular complexity index is 879. The van der Waals surface area contributed by atoms with E-state index in [1.807, 2.05) is 24.3 Å². The molecule has 2 amide bonds. The fraction of sp³-hybridized carbons (Fsp3) is 0.391. The van der Waals surface area contributed by atoms with Gasteiger partial charge in [-0.25, -0.2) is 0 Å². The zero-order chi connectivity index (χ0) is 21.5. The van der Waals surface area contributed by atoms with Crippen LogP contribution in [0.25, 0.3) is 0 Å². The molecule has 2 aromatic carbocycles. The fourth-order valence-electron chi connectivity index (χ4n) is 3.42. The quantitative estimate of drug-likeness (QED) is 0.668. The van der Waals surface area contributed by atoms with Crippen LogP contribution < -0.4 is 10.1 Å². The first-order valence-corrected chi connectivity index (χ1v) is 10.5. The maximum Gasteiger partial charge on any atom is 0.256 e. The standard InChI is InChI=1S/C23H27ClN2O4/c1-3-22(27)25-21-13-17(24)8-11-20(21)23(28)26(15-19-5-4-12-30-19)14-16-6-9-18(29-2)10-7-16/h6-11,13,19H,3-5,12,14-15H2,1-2H3,(H,25,27). The summed E-state index contributed by atoms with van der Waals surface area (Å²) in [6.45, 7) is 3.38. The minimum absolute atomic E-state index is 0.00758. The molecule has 1 atom stereocenters. The van der Waals surface area contributed by atoms with Gasteiger partial charge in [-0.05, 0) is 48.7 Å². The summed E-state index contributed by atoms with van der Waals surface area (Å²) in [5.41, 5.74) is 1.81. The largest absolute Gasteiger partial charge is 0.497 e. The highest BCUT2D eigenvalue weighted by Crippen LogP contribution is 2.25. The molecule has 1 aliphatic rings. The summed E-state index contributed by atoms with van der Waals surface area (Å²) in [6.07, 6.45) is 2.24. The number of hydrogen-bond acceptors (Lipinski definition) is 4. The first-order valence-electron chi connectivity index (χ1n) is 10.1. The van der Waals surface area contributed by atoms with Crippen molar-refractivity contribution < 1.29 is 19.1 Å². The predicted molar refractivity (Wildman–Crippen MR) is 117 cm³/mol. The smallest absolute Gasteiger partial charge is 0.256 e. The molecule has 0 spiro atoms. The molecule has 3 rings (SSSR count). The minimum Gasteiger partial charge on any atom is -0.497 e. The third kappa shape index (κ3) is 5.74. The zero-order valence-electron chi connectivity index (χ0n) is 17.3. The Morgan fingerprint density at radius 3 is 2.63 bits per heavy atom. The number of rotatable bonds is 8. The number of hydrogen-bond donors (Lipinski definition) is 1. The third-order valence-electron chi connectivity index (χ3n) is 5.07. The van der Waals surface area contributed by atoms with E-state index in [2.05, 4.69) is 5.32 Å². The molecule has 0 radical (unpaired) electrons. The Morgan fingerprint density at radius 1 is 1.23 bits per heavy atom. The molecule has 1 heterocycles. The molecule has 160 valence electrons. The normalized spacial score (nSPS) is 15.6. The van der Waals surface area contributed by atoms with Crippen molar-refractivity contribution in [1.82, 2.24) is 4.90 Å². The van der Waals surface area contributed by atoms with Gasteiger partial charge in [-0.15, -0.1) is 0 Å². The van der Waals surface area contributed by atoms with Crippen molar-refractivity contribution in [3.8, 4) is 5.75 Å². The Balaban J connectivity index is 1.87. The van der Waals surface area contributed by atoms with E-state index in [9.17, 15) is 9.59 Å². The minimum atomic E-state index is -0.176. The van der Waals surface area contributed by atoms with Crippen molar-refractivity contribution in [3.63, 3.8) is 0 Å². The molecule has 1 saturated heterocycles. The van der Waals surface area contributed by atoms with Crippen LogP contribution in [0.3, 0.4) is 0 Å². The van der Waals surface area contributed by atoms with Gasteiger partial charge in [-0.3, -0.25) is 9.59 Å². The van der Waals surface area contributed by atoms with Crippen LogP contribution in [0, 0.1) is 0 Å². The molecular weight excluding hydrogens is 404 g/mol. The van der Waals surface area contributed by atoms with Crippen LogP contribution in [-0.4, -0.2) is 43.1 Å². The second kappa shape index (κ2) is 10.5. The van der Waals surface area contributed by atoms with Gasteiger partial charge in [0.15, 0.2) is 0 Å². The zero-order valence-corrected chi connectivity index (χ0v) is 18.1. The average molecular weight is 431 g/mol. The molecule has 0 saturated carbocycles. The van der Waals surface area contributed by atoms with E-state index in [4.69, 9.17) is 21.1 Å². The number of nitrogens with one attached hydrogen (secondary N) is 1. The van der Waals surface area contributed by atoms with Crippen LogP contribution in [-0.2, 0) is 16.1 Å². The predicted octanol–water partition coefficient (Wildman–Crippen LogP) is 4.52. The van der Waals surface area contributed by atoms with Gasteiger partial charge in [0, 0.05) is 31.1 Å². The van der Waals surface area contributed by atoms with Crippen LogP contribution in [0.1, 0.15) is 42.1 Å². The second-order valence-electron chi connectivity index (χ2n) is 7.26. The highest BCUT2D eigenvalue weighted by atomic mass is 35.5. The van der Waals surface area contributed by atoms with E-state index in [0.717, 1.165) is 24.2 Å². The number of carbonyl (C=O) groups is 2. The second-order valence-corrected chi connectivity index (χ2v) is 7.70. The summed E-state index contributed by atoms with van der Waals surface area (Å²) in [5, 5.41) is 3.25. The summed E-state index contributed by atoms with van der Waals surface area (Å²) in [5.74, 6) is 0.412. The van der Waals surface area contributed by atoms with Crippen molar-refractivity contribution in [2.75, 3.05) is 25.6 Å². The van der Waals surface area contributed by atoms with E-state index in [1.54, 1.807) is 37.1 Å². The van der Waals surface area contributed by atoms with Crippen LogP contribution in [0.5, 0.6) is 5.75 Å². The maximum atomic E-state index is 13.5. The SMILES string of the molecule is CCC(=O)Nc1cc(Cl)ccc1C(=O)N(Cc1ccc(OC)cc1)CC1CCCO1. The topological polar surface area (TPSA) is 67.9 Å². The van der Waals surface area contributed by atoms with Crippen molar-refractivity contribution in [2.24, 2.45) is 0 Å². The summed E-state index contributed by atoms with van der Waals surface area (Å²) < 4.78 is 11.0. The van der Waals surface area contributed by atoms with Crippen LogP contribution in [0.4, 0.5) is 5.69 Å². The van der Waals surface area contributed by atoms with Gasteiger partial charge in [0.2, 0.25) is 5.91 Å². The molecule has 7 heteroatoms. The molecule has 0 aromatic heterocycles. The van der Waals surface area contributed by atoms with Crippen LogP contribution in [0.15, 0.2) is 42.5 Å². The number of carbonyl (C=O) groups excluding carboxylic acids is 2. The Morgan fingerprint density at radius 2 is 2.00 bits per heavy atom. The number of benzene rings is 2. The number of anilines is 1. The van der Waals surface area contributed by atoms with E-state index in [-0.39, 0.29) is 17.9 Å². The molecule has 1 N–H and O–H groups in total. The highest BCUT2D eigenvalue weighted by Gasteiger charge is 2.25. The molecular formula is C23H27ClN2O4. The van der Waals surface area contributed by atoms with Crippen molar-refractivity contribution >= 4 is 29.1 Å². The summed E-state index contributed by atoms with van der Waals surface area (Å²) in [7, 11) is 1.62. The van der Waals surface area contributed by atoms with Crippen LogP contribution in [0.2, 0.25) is 5.02 Å². The van der Waals surface area contributed by atoms with Gasteiger partial charge in [0.1, 0.15) is 5.75 Å². The summed E-state index contributed by atoms with van der Waals surface area (Å²) in [6, 6.07) is 12.6. The fourth-order valence-corrected chi connectivity index (χ4v) is 3.59. The van der Waals surface area contributed by atoms with Crippen molar-refractivity contribution in [3.05, 3.63) is 58.6 Å². The lowest BCUT2D eigenvalue weighted by Gasteiger charge is -2.27. The number of nitrogens with zero attached hydrogens (tertiary/aromatic N) is 1. The van der Waals surface area contributed by atoms with Gasteiger partial charge in [0.25, 0.3) is 5.91 Å². The molecule has 0 bridgehead atoms. The van der Waals surface area contributed by atoms with E-state index < -0.39 is 0 Å². The molecule has 1 unspecified atom stereocenters. The van der Waals surface area contributed by atoms with Crippen molar-refractivity contribution in [1.29, 1.82) is 0 Å².